The summed E-state index contributed by atoms with van der Waals surface area (Å²) in [5.41, 5.74) is 2.21. The molecule has 1 unspecified atom stereocenters. The molecule has 0 spiro atoms. The molecule has 2 aromatic heterocycles. The molecule has 1 nitrogen and oxygen atoms in total. The minimum atomic E-state index is -0.497. The summed E-state index contributed by atoms with van der Waals surface area (Å²) in [5.74, 6) is 0. The number of rotatable bonds is 2. The Bertz CT molecular complexity index is 453. The van der Waals surface area contributed by atoms with Crippen molar-refractivity contribution in [3.05, 3.63) is 42.2 Å². The summed E-state index contributed by atoms with van der Waals surface area (Å²) >= 11 is 6.71. The van der Waals surface area contributed by atoms with Crippen LogP contribution in [0, 0.1) is 13.8 Å². The number of halogens is 1. The molecule has 0 saturated carbocycles. The van der Waals surface area contributed by atoms with E-state index in [0.29, 0.717) is 0 Å². The molecule has 4 heteroatoms. The van der Waals surface area contributed by atoms with Crippen molar-refractivity contribution in [3.63, 3.8) is 0 Å². The molecule has 1 N–H and O–H groups in total. The predicted molar refractivity (Wildman–Crippen MR) is 69.9 cm³/mol. The standard InChI is InChI=1S/C11H11BrOS2/c1-6-3-10(15-7(6)2)11(13)8-4-14-5-9(8)12/h3-5,11,13H,1-2H3. The summed E-state index contributed by atoms with van der Waals surface area (Å²) in [7, 11) is 0. The second-order valence-electron chi connectivity index (χ2n) is 3.47. The highest BCUT2D eigenvalue weighted by Crippen LogP contribution is 2.35. The second-order valence-corrected chi connectivity index (χ2v) is 6.35. The molecular weight excluding hydrogens is 292 g/mol. The molecule has 0 radical (unpaired) electrons. The molecule has 15 heavy (non-hydrogen) atoms. The van der Waals surface area contributed by atoms with Crippen LogP contribution in [-0.4, -0.2) is 5.11 Å². The summed E-state index contributed by atoms with van der Waals surface area (Å²) in [5, 5.41) is 14.2. The van der Waals surface area contributed by atoms with Crippen molar-refractivity contribution >= 4 is 38.6 Å². The van der Waals surface area contributed by atoms with Crippen molar-refractivity contribution in [2.75, 3.05) is 0 Å². The topological polar surface area (TPSA) is 20.2 Å². The summed E-state index contributed by atoms with van der Waals surface area (Å²) in [6.45, 7) is 4.16. The molecule has 2 heterocycles. The summed E-state index contributed by atoms with van der Waals surface area (Å²) in [6, 6.07) is 2.06. The van der Waals surface area contributed by atoms with E-state index >= 15 is 0 Å². The van der Waals surface area contributed by atoms with Gasteiger partial charge in [-0.2, -0.15) is 11.3 Å². The Balaban J connectivity index is 2.36. The fourth-order valence-corrected chi connectivity index (χ4v) is 3.96. The van der Waals surface area contributed by atoms with Gasteiger partial charge >= 0.3 is 0 Å². The maximum Gasteiger partial charge on any atom is 0.115 e. The Morgan fingerprint density at radius 1 is 1.33 bits per heavy atom. The molecule has 0 aliphatic rings. The number of thiophene rings is 2. The van der Waals surface area contributed by atoms with E-state index in [9.17, 15) is 5.11 Å². The molecule has 2 rings (SSSR count). The van der Waals surface area contributed by atoms with Crippen molar-refractivity contribution in [2.24, 2.45) is 0 Å². The summed E-state index contributed by atoms with van der Waals surface area (Å²) < 4.78 is 0.990. The maximum absolute atomic E-state index is 10.2. The van der Waals surface area contributed by atoms with Crippen LogP contribution in [0.2, 0.25) is 0 Å². The molecule has 80 valence electrons. The van der Waals surface area contributed by atoms with Crippen molar-refractivity contribution in [3.8, 4) is 0 Å². The van der Waals surface area contributed by atoms with E-state index in [-0.39, 0.29) is 0 Å². The zero-order chi connectivity index (χ0) is 11.0. The van der Waals surface area contributed by atoms with Crippen molar-refractivity contribution in [1.29, 1.82) is 0 Å². The van der Waals surface area contributed by atoms with Gasteiger partial charge in [0.15, 0.2) is 0 Å². The molecule has 0 amide bonds. The van der Waals surface area contributed by atoms with Gasteiger partial charge in [0.1, 0.15) is 6.10 Å². The first-order valence-corrected chi connectivity index (χ1v) is 7.11. The van der Waals surface area contributed by atoms with Gasteiger partial charge in [0.2, 0.25) is 0 Å². The molecule has 0 fully saturated rings. The van der Waals surface area contributed by atoms with Crippen LogP contribution in [0.15, 0.2) is 21.3 Å². The lowest BCUT2D eigenvalue weighted by atomic mass is 10.1. The lowest BCUT2D eigenvalue weighted by Crippen LogP contribution is -1.95. The lowest BCUT2D eigenvalue weighted by Gasteiger charge is -2.06. The van der Waals surface area contributed by atoms with Gasteiger partial charge in [0, 0.05) is 25.2 Å². The highest BCUT2D eigenvalue weighted by atomic mass is 79.9. The van der Waals surface area contributed by atoms with Crippen LogP contribution in [0.3, 0.4) is 0 Å². The van der Waals surface area contributed by atoms with Crippen LogP contribution in [0.4, 0.5) is 0 Å². The average molecular weight is 303 g/mol. The minimum absolute atomic E-state index is 0.497. The van der Waals surface area contributed by atoms with Gasteiger partial charge in [-0.05, 0) is 46.8 Å². The normalized spacial score (nSPS) is 13.1. The van der Waals surface area contributed by atoms with Gasteiger partial charge in [-0.3, -0.25) is 0 Å². The maximum atomic E-state index is 10.2. The highest BCUT2D eigenvalue weighted by Gasteiger charge is 2.17. The van der Waals surface area contributed by atoms with E-state index in [1.54, 1.807) is 22.7 Å². The first kappa shape index (κ1) is 11.3. The number of aliphatic hydroxyl groups is 1. The van der Waals surface area contributed by atoms with Crippen molar-refractivity contribution < 1.29 is 5.11 Å². The molecule has 1 atom stereocenters. The smallest absolute Gasteiger partial charge is 0.115 e. The monoisotopic (exact) mass is 302 g/mol. The fraction of sp³-hybridized carbons (Fsp3) is 0.273. The fourth-order valence-electron chi connectivity index (χ4n) is 1.38. The van der Waals surface area contributed by atoms with Crippen LogP contribution in [0.1, 0.15) is 27.0 Å². The zero-order valence-corrected chi connectivity index (χ0v) is 11.7. The van der Waals surface area contributed by atoms with Crippen molar-refractivity contribution in [1.82, 2.24) is 0 Å². The van der Waals surface area contributed by atoms with Crippen LogP contribution >= 0.6 is 38.6 Å². The molecule has 0 bridgehead atoms. The quantitative estimate of drug-likeness (QED) is 0.878. The third-order valence-electron chi connectivity index (χ3n) is 2.39. The van der Waals surface area contributed by atoms with Gasteiger partial charge in [-0.25, -0.2) is 0 Å². The van der Waals surface area contributed by atoms with Gasteiger partial charge < -0.3 is 5.11 Å². The number of hydrogen-bond acceptors (Lipinski definition) is 3. The van der Waals surface area contributed by atoms with Crippen LogP contribution in [-0.2, 0) is 0 Å². The van der Waals surface area contributed by atoms with E-state index in [0.717, 1.165) is 14.9 Å². The SMILES string of the molecule is Cc1cc(C(O)c2cscc2Br)sc1C. The van der Waals surface area contributed by atoms with Crippen LogP contribution in [0.5, 0.6) is 0 Å². The van der Waals surface area contributed by atoms with Gasteiger partial charge in [-0.15, -0.1) is 11.3 Å². The van der Waals surface area contributed by atoms with E-state index in [4.69, 9.17) is 0 Å². The number of hydrogen-bond donors (Lipinski definition) is 1. The zero-order valence-electron chi connectivity index (χ0n) is 8.45. The van der Waals surface area contributed by atoms with Crippen LogP contribution in [0.25, 0.3) is 0 Å². The minimum Gasteiger partial charge on any atom is -0.383 e. The van der Waals surface area contributed by atoms with Gasteiger partial charge in [0.05, 0.1) is 0 Å². The first-order chi connectivity index (χ1) is 7.09. The Morgan fingerprint density at radius 2 is 2.07 bits per heavy atom. The summed E-state index contributed by atoms with van der Waals surface area (Å²) in [6.07, 6.45) is -0.497. The molecule has 2 aromatic rings. The van der Waals surface area contributed by atoms with E-state index in [1.807, 2.05) is 10.8 Å². The molecule has 0 aliphatic heterocycles. The molecule has 0 aromatic carbocycles. The lowest BCUT2D eigenvalue weighted by molar-refractivity contribution is 0.224. The molecule has 0 aliphatic carbocycles. The number of aliphatic hydroxyl groups excluding tert-OH is 1. The first-order valence-electron chi connectivity index (χ1n) is 4.56. The van der Waals surface area contributed by atoms with E-state index < -0.39 is 6.10 Å². The van der Waals surface area contributed by atoms with E-state index in [2.05, 4.69) is 35.8 Å². The van der Waals surface area contributed by atoms with E-state index in [1.165, 1.54) is 10.4 Å². The van der Waals surface area contributed by atoms with Crippen molar-refractivity contribution in [2.45, 2.75) is 20.0 Å². The Labute approximate surface area is 106 Å². The summed E-state index contributed by atoms with van der Waals surface area (Å²) in [4.78, 5) is 2.29. The largest absolute Gasteiger partial charge is 0.383 e. The Hall–Kier alpha value is -0.160. The van der Waals surface area contributed by atoms with Crippen LogP contribution < -0.4 is 0 Å². The molecular formula is C11H11BrOS2. The van der Waals surface area contributed by atoms with Gasteiger partial charge in [-0.1, -0.05) is 0 Å². The highest BCUT2D eigenvalue weighted by molar-refractivity contribution is 9.10. The second kappa shape index (κ2) is 4.37. The molecule has 0 saturated heterocycles. The average Bonchev–Trinajstić information content (AvgIpc) is 2.74. The third kappa shape index (κ3) is 2.18. The Kier molecular flexibility index (Phi) is 3.30. The Morgan fingerprint density at radius 3 is 2.53 bits per heavy atom. The van der Waals surface area contributed by atoms with Gasteiger partial charge in [0.25, 0.3) is 0 Å². The number of aryl methyl sites for hydroxylation is 2. The predicted octanol–water partition coefficient (Wildman–Crippen LogP) is 4.27. The third-order valence-corrected chi connectivity index (χ3v) is 5.35.